The van der Waals surface area contributed by atoms with Gasteiger partial charge in [-0.1, -0.05) is 36.4 Å². The molecule has 1 aliphatic heterocycles. The quantitative estimate of drug-likeness (QED) is 0.829. The van der Waals surface area contributed by atoms with E-state index in [4.69, 9.17) is 9.84 Å². The third-order valence-electron chi connectivity index (χ3n) is 4.22. The van der Waals surface area contributed by atoms with Gasteiger partial charge in [-0.15, -0.1) is 0 Å². The summed E-state index contributed by atoms with van der Waals surface area (Å²) in [6, 6.07) is 8.20. The Balaban J connectivity index is 1.58. The monoisotopic (exact) mass is 287 g/mol. The standard InChI is InChI=1S/C17H21NO3/c19-11-12-5-6-14(9-12)18-17(20)10-16-15-4-2-1-3-13(15)7-8-21-16/h1-6,12,14,16,19H,7-11H2,(H,18,20)/t12-,14+,16?/m0/s1. The molecule has 0 radical (unpaired) electrons. The van der Waals surface area contributed by atoms with E-state index in [0.717, 1.165) is 18.4 Å². The lowest BCUT2D eigenvalue weighted by atomic mass is 9.95. The average molecular weight is 287 g/mol. The first-order valence-electron chi connectivity index (χ1n) is 7.54. The van der Waals surface area contributed by atoms with Crippen LogP contribution in [0, 0.1) is 5.92 Å². The fraction of sp³-hybridized carbons (Fsp3) is 0.471. The van der Waals surface area contributed by atoms with E-state index in [9.17, 15) is 4.79 Å². The lowest BCUT2D eigenvalue weighted by Crippen LogP contribution is -2.34. The van der Waals surface area contributed by atoms with Crippen molar-refractivity contribution in [1.82, 2.24) is 5.32 Å². The molecular formula is C17H21NO3. The zero-order chi connectivity index (χ0) is 14.7. The maximum atomic E-state index is 12.2. The van der Waals surface area contributed by atoms with Crippen LogP contribution in [0.25, 0.3) is 0 Å². The van der Waals surface area contributed by atoms with Gasteiger partial charge in [-0.3, -0.25) is 4.79 Å². The number of carbonyl (C=O) groups is 1. The molecule has 1 aliphatic carbocycles. The number of amides is 1. The van der Waals surface area contributed by atoms with Crippen LogP contribution in [0.2, 0.25) is 0 Å². The summed E-state index contributed by atoms with van der Waals surface area (Å²) in [5.74, 6) is 0.173. The fourth-order valence-corrected chi connectivity index (χ4v) is 3.10. The Morgan fingerprint density at radius 3 is 3.00 bits per heavy atom. The van der Waals surface area contributed by atoms with Crippen molar-refractivity contribution in [1.29, 1.82) is 0 Å². The van der Waals surface area contributed by atoms with E-state index < -0.39 is 0 Å². The second-order valence-electron chi connectivity index (χ2n) is 5.75. The highest BCUT2D eigenvalue weighted by Gasteiger charge is 2.25. The molecule has 0 spiro atoms. The summed E-state index contributed by atoms with van der Waals surface area (Å²) in [5.41, 5.74) is 2.41. The second-order valence-corrected chi connectivity index (χ2v) is 5.75. The molecule has 21 heavy (non-hydrogen) atoms. The summed E-state index contributed by atoms with van der Waals surface area (Å²) in [5, 5.41) is 12.1. The Kier molecular flexibility index (Phi) is 4.36. The lowest BCUT2D eigenvalue weighted by Gasteiger charge is -2.26. The molecule has 0 fully saturated rings. The highest BCUT2D eigenvalue weighted by molar-refractivity contribution is 5.77. The van der Waals surface area contributed by atoms with Crippen molar-refractivity contribution in [2.45, 2.75) is 31.4 Å². The second kappa shape index (κ2) is 6.41. The van der Waals surface area contributed by atoms with Crippen molar-refractivity contribution in [2.75, 3.05) is 13.2 Å². The normalized spacial score (nSPS) is 27.4. The minimum atomic E-state index is -0.144. The van der Waals surface area contributed by atoms with Crippen molar-refractivity contribution < 1.29 is 14.6 Å². The molecule has 1 heterocycles. The number of nitrogens with one attached hydrogen (secondary N) is 1. The summed E-state index contributed by atoms with van der Waals surface area (Å²) >= 11 is 0. The summed E-state index contributed by atoms with van der Waals surface area (Å²) in [6.07, 6.45) is 5.84. The molecule has 0 saturated carbocycles. The molecule has 1 amide bonds. The number of fused-ring (bicyclic) bond motifs is 1. The Hall–Kier alpha value is -1.65. The number of hydrogen-bond donors (Lipinski definition) is 2. The molecule has 3 atom stereocenters. The van der Waals surface area contributed by atoms with Crippen LogP contribution >= 0.6 is 0 Å². The van der Waals surface area contributed by atoms with E-state index in [-0.39, 0.29) is 30.6 Å². The van der Waals surface area contributed by atoms with Crippen LogP contribution in [0.5, 0.6) is 0 Å². The zero-order valence-electron chi connectivity index (χ0n) is 12.0. The van der Waals surface area contributed by atoms with Crippen molar-refractivity contribution in [3.8, 4) is 0 Å². The van der Waals surface area contributed by atoms with E-state index in [1.165, 1.54) is 5.56 Å². The van der Waals surface area contributed by atoms with Gasteiger partial charge in [0.05, 0.1) is 19.1 Å². The fourth-order valence-electron chi connectivity index (χ4n) is 3.10. The highest BCUT2D eigenvalue weighted by Crippen LogP contribution is 2.29. The Bertz CT molecular complexity index is 541. The Labute approximate surface area is 124 Å². The van der Waals surface area contributed by atoms with Crippen LogP contribution in [0.1, 0.15) is 30.1 Å². The molecule has 112 valence electrons. The molecule has 0 aromatic heterocycles. The molecule has 1 unspecified atom stereocenters. The van der Waals surface area contributed by atoms with E-state index in [2.05, 4.69) is 11.4 Å². The third kappa shape index (κ3) is 3.34. The molecule has 2 N–H and O–H groups in total. The number of benzene rings is 1. The van der Waals surface area contributed by atoms with Crippen molar-refractivity contribution in [3.63, 3.8) is 0 Å². The highest BCUT2D eigenvalue weighted by atomic mass is 16.5. The maximum absolute atomic E-state index is 12.2. The predicted octanol–water partition coefficient (Wildman–Crippen LogP) is 1.74. The van der Waals surface area contributed by atoms with Gasteiger partial charge in [-0.25, -0.2) is 0 Å². The maximum Gasteiger partial charge on any atom is 0.223 e. The van der Waals surface area contributed by atoms with Gasteiger partial charge in [0, 0.05) is 18.6 Å². The first-order chi connectivity index (χ1) is 10.3. The summed E-state index contributed by atoms with van der Waals surface area (Å²) in [6.45, 7) is 0.812. The first kappa shape index (κ1) is 14.3. The molecular weight excluding hydrogens is 266 g/mol. The summed E-state index contributed by atoms with van der Waals surface area (Å²) in [4.78, 5) is 12.2. The predicted molar refractivity (Wildman–Crippen MR) is 79.7 cm³/mol. The lowest BCUT2D eigenvalue weighted by molar-refractivity contribution is -0.124. The van der Waals surface area contributed by atoms with Crippen LogP contribution < -0.4 is 5.32 Å². The van der Waals surface area contributed by atoms with E-state index in [1.54, 1.807) is 0 Å². The van der Waals surface area contributed by atoms with E-state index in [0.29, 0.717) is 13.0 Å². The molecule has 4 heteroatoms. The smallest absolute Gasteiger partial charge is 0.223 e. The minimum absolute atomic E-state index is 0.00458. The van der Waals surface area contributed by atoms with Crippen LogP contribution in [0.4, 0.5) is 0 Å². The Morgan fingerprint density at radius 1 is 1.33 bits per heavy atom. The Morgan fingerprint density at radius 2 is 2.19 bits per heavy atom. The third-order valence-corrected chi connectivity index (χ3v) is 4.22. The van der Waals surface area contributed by atoms with Gasteiger partial charge < -0.3 is 15.2 Å². The average Bonchev–Trinajstić information content (AvgIpc) is 2.95. The van der Waals surface area contributed by atoms with Crippen LogP contribution in [0.15, 0.2) is 36.4 Å². The topological polar surface area (TPSA) is 58.6 Å². The SMILES string of the molecule is O=C(CC1OCCc2ccccc21)N[C@@H]1C=C[C@H](CO)C1. The molecule has 1 aromatic rings. The van der Waals surface area contributed by atoms with E-state index in [1.807, 2.05) is 30.4 Å². The van der Waals surface area contributed by atoms with Crippen LogP contribution in [0.3, 0.4) is 0 Å². The number of hydrogen-bond acceptors (Lipinski definition) is 3. The van der Waals surface area contributed by atoms with Crippen molar-refractivity contribution >= 4 is 5.91 Å². The number of aliphatic hydroxyl groups excluding tert-OH is 1. The summed E-state index contributed by atoms with van der Waals surface area (Å²) in [7, 11) is 0. The first-order valence-corrected chi connectivity index (χ1v) is 7.54. The number of carbonyl (C=O) groups excluding carboxylic acids is 1. The van der Waals surface area contributed by atoms with Gasteiger partial charge in [0.2, 0.25) is 5.91 Å². The van der Waals surface area contributed by atoms with Gasteiger partial charge in [-0.2, -0.15) is 0 Å². The largest absolute Gasteiger partial charge is 0.396 e. The van der Waals surface area contributed by atoms with E-state index >= 15 is 0 Å². The summed E-state index contributed by atoms with van der Waals surface area (Å²) < 4.78 is 5.76. The molecule has 4 nitrogen and oxygen atoms in total. The van der Waals surface area contributed by atoms with Gasteiger partial charge in [0.25, 0.3) is 0 Å². The van der Waals surface area contributed by atoms with Gasteiger partial charge in [0.1, 0.15) is 0 Å². The number of ether oxygens (including phenoxy) is 1. The van der Waals surface area contributed by atoms with Crippen molar-refractivity contribution in [2.24, 2.45) is 5.92 Å². The number of rotatable bonds is 4. The number of aliphatic hydroxyl groups is 1. The molecule has 2 aliphatic rings. The van der Waals surface area contributed by atoms with Gasteiger partial charge in [0.15, 0.2) is 0 Å². The molecule has 0 bridgehead atoms. The molecule has 3 rings (SSSR count). The molecule has 1 aromatic carbocycles. The van der Waals surface area contributed by atoms with Crippen molar-refractivity contribution in [3.05, 3.63) is 47.5 Å². The molecule has 0 saturated heterocycles. The zero-order valence-corrected chi connectivity index (χ0v) is 12.0. The van der Waals surface area contributed by atoms with Gasteiger partial charge in [-0.05, 0) is 24.0 Å². The minimum Gasteiger partial charge on any atom is -0.396 e. The van der Waals surface area contributed by atoms with Gasteiger partial charge >= 0.3 is 0 Å². The van der Waals surface area contributed by atoms with Crippen LogP contribution in [-0.2, 0) is 16.0 Å². The van der Waals surface area contributed by atoms with Crippen LogP contribution in [-0.4, -0.2) is 30.3 Å².